The molecule has 0 bridgehead atoms. The Hall–Kier alpha value is -3.29. The van der Waals surface area contributed by atoms with E-state index < -0.39 is 11.7 Å². The van der Waals surface area contributed by atoms with Gasteiger partial charge in [0.1, 0.15) is 5.82 Å². The number of carbonyl (C=O) groups excluding carboxylic acids is 1. The molecule has 3 aromatic rings. The van der Waals surface area contributed by atoms with Crippen LogP contribution in [-0.4, -0.2) is 55.6 Å². The summed E-state index contributed by atoms with van der Waals surface area (Å²) < 4.78 is 15.3. The van der Waals surface area contributed by atoms with Crippen molar-refractivity contribution >= 4 is 5.91 Å². The van der Waals surface area contributed by atoms with Crippen molar-refractivity contribution in [1.29, 1.82) is 0 Å². The molecule has 1 amide bonds. The Labute approximate surface area is 216 Å². The zero-order chi connectivity index (χ0) is 25.7. The summed E-state index contributed by atoms with van der Waals surface area (Å²) >= 11 is 0. The first-order valence-electron chi connectivity index (χ1n) is 13.2. The Balaban J connectivity index is 1.23. The molecule has 6 nitrogen and oxygen atoms in total. The van der Waals surface area contributed by atoms with E-state index in [1.54, 1.807) is 17.0 Å². The van der Waals surface area contributed by atoms with Gasteiger partial charge in [0.15, 0.2) is 0 Å². The van der Waals surface area contributed by atoms with Crippen molar-refractivity contribution in [2.75, 3.05) is 13.1 Å². The molecular weight excluding hydrogens is 469 g/mol. The van der Waals surface area contributed by atoms with Crippen LogP contribution in [-0.2, 0) is 12.8 Å². The number of aromatic nitrogens is 2. The highest BCUT2D eigenvalue weighted by atomic mass is 19.1. The zero-order valence-corrected chi connectivity index (χ0v) is 21.0. The molecule has 2 aromatic carbocycles. The second-order valence-corrected chi connectivity index (χ2v) is 10.7. The molecule has 2 N–H and O–H groups in total. The van der Waals surface area contributed by atoms with Gasteiger partial charge in [0.05, 0.1) is 29.3 Å². The molecule has 0 saturated carbocycles. The molecule has 37 heavy (non-hydrogen) atoms. The average Bonchev–Trinajstić information content (AvgIpc) is 3.61. The van der Waals surface area contributed by atoms with E-state index in [2.05, 4.69) is 12.0 Å². The number of β-amino-alcohol motifs (C(OH)–C–C–N with tert-alkyl or cyclic N) is 1. The Morgan fingerprint density at radius 3 is 2.73 bits per heavy atom. The fraction of sp³-hybridized carbons (Fsp3) is 0.400. The number of fused-ring (bicyclic) bond motifs is 1. The number of hydrogen-bond donors (Lipinski definition) is 2. The van der Waals surface area contributed by atoms with Gasteiger partial charge in [-0.3, -0.25) is 4.79 Å². The lowest BCUT2D eigenvalue weighted by atomic mass is 9.76. The standard InChI is InChI=1S/C30H32FN3O3/c1-19-26-17-32-34(23-8-6-22(31)7-9-23)27(26)16-21-11-14-30(37,28(19)21)13-10-20-4-2-3-5-25(20)29(36)33-15-12-24(35)18-33/h2-9,17,19,24,35,37H,10-16,18H2,1H3/t19?,24-,30+/m1/s1. The second-order valence-electron chi connectivity index (χ2n) is 10.7. The topological polar surface area (TPSA) is 78.6 Å². The number of halogens is 1. The molecule has 3 aliphatic rings. The van der Waals surface area contributed by atoms with Crippen LogP contribution in [0.1, 0.15) is 65.7 Å². The van der Waals surface area contributed by atoms with Crippen molar-refractivity contribution in [2.45, 2.75) is 63.1 Å². The molecule has 1 aromatic heterocycles. The third-order valence-electron chi connectivity index (χ3n) is 8.48. The molecule has 1 saturated heterocycles. The number of aryl methyl sites for hydroxylation is 1. The minimum Gasteiger partial charge on any atom is -0.391 e. The average molecular weight is 502 g/mol. The van der Waals surface area contributed by atoms with E-state index in [0.717, 1.165) is 40.9 Å². The summed E-state index contributed by atoms with van der Waals surface area (Å²) in [7, 11) is 0. The molecule has 1 fully saturated rings. The molecule has 0 spiro atoms. The van der Waals surface area contributed by atoms with E-state index in [9.17, 15) is 19.4 Å². The monoisotopic (exact) mass is 501 g/mol. The number of aliphatic hydroxyl groups excluding tert-OH is 1. The minimum atomic E-state index is -0.926. The molecule has 0 radical (unpaired) electrons. The molecule has 1 aliphatic heterocycles. The number of nitrogens with zero attached hydrogens (tertiary/aromatic N) is 3. The van der Waals surface area contributed by atoms with Gasteiger partial charge in [-0.15, -0.1) is 0 Å². The quantitative estimate of drug-likeness (QED) is 0.510. The van der Waals surface area contributed by atoms with Crippen LogP contribution in [0.25, 0.3) is 5.69 Å². The number of aliphatic hydroxyl groups is 2. The van der Waals surface area contributed by atoms with Crippen LogP contribution in [0.2, 0.25) is 0 Å². The van der Waals surface area contributed by atoms with Crippen LogP contribution in [0.15, 0.2) is 65.9 Å². The minimum absolute atomic E-state index is 0.0309. The summed E-state index contributed by atoms with van der Waals surface area (Å²) in [5.74, 6) is -0.289. The van der Waals surface area contributed by atoms with Crippen LogP contribution in [0.4, 0.5) is 4.39 Å². The first-order chi connectivity index (χ1) is 17.8. The molecule has 1 unspecified atom stereocenters. The molecule has 3 atom stereocenters. The summed E-state index contributed by atoms with van der Waals surface area (Å²) in [6.07, 6.45) is 5.41. The van der Waals surface area contributed by atoms with Gasteiger partial charge in [0, 0.05) is 36.6 Å². The van der Waals surface area contributed by atoms with Crippen LogP contribution in [0, 0.1) is 5.82 Å². The summed E-state index contributed by atoms with van der Waals surface area (Å²) in [5, 5.41) is 26.4. The van der Waals surface area contributed by atoms with Crippen molar-refractivity contribution in [3.8, 4) is 5.69 Å². The first kappa shape index (κ1) is 24.1. The van der Waals surface area contributed by atoms with Crippen LogP contribution in [0.3, 0.4) is 0 Å². The van der Waals surface area contributed by atoms with Crippen LogP contribution < -0.4 is 0 Å². The lowest BCUT2D eigenvalue weighted by Gasteiger charge is -2.33. The van der Waals surface area contributed by atoms with E-state index in [0.29, 0.717) is 44.3 Å². The van der Waals surface area contributed by atoms with Crippen molar-refractivity contribution in [2.24, 2.45) is 0 Å². The normalized spacial score (nSPS) is 24.9. The van der Waals surface area contributed by atoms with E-state index in [1.807, 2.05) is 35.1 Å². The predicted molar refractivity (Wildman–Crippen MR) is 138 cm³/mol. The van der Waals surface area contributed by atoms with Crippen LogP contribution >= 0.6 is 0 Å². The van der Waals surface area contributed by atoms with Crippen LogP contribution in [0.5, 0.6) is 0 Å². The Bertz CT molecular complexity index is 1380. The maximum Gasteiger partial charge on any atom is 0.254 e. The number of hydrogen-bond acceptors (Lipinski definition) is 4. The highest BCUT2D eigenvalue weighted by Crippen LogP contribution is 2.50. The van der Waals surface area contributed by atoms with Gasteiger partial charge in [-0.1, -0.05) is 30.7 Å². The van der Waals surface area contributed by atoms with Gasteiger partial charge in [-0.2, -0.15) is 5.10 Å². The van der Waals surface area contributed by atoms with Gasteiger partial charge in [-0.05, 0) is 73.6 Å². The van der Waals surface area contributed by atoms with Gasteiger partial charge < -0.3 is 15.1 Å². The van der Waals surface area contributed by atoms with E-state index in [-0.39, 0.29) is 17.6 Å². The third kappa shape index (κ3) is 4.20. The largest absolute Gasteiger partial charge is 0.391 e. The van der Waals surface area contributed by atoms with E-state index in [1.165, 1.54) is 17.7 Å². The number of benzene rings is 2. The molecule has 2 heterocycles. The summed E-state index contributed by atoms with van der Waals surface area (Å²) in [5.41, 5.74) is 6.07. The van der Waals surface area contributed by atoms with Gasteiger partial charge in [-0.25, -0.2) is 9.07 Å². The number of rotatable bonds is 5. The smallest absolute Gasteiger partial charge is 0.254 e. The predicted octanol–water partition coefficient (Wildman–Crippen LogP) is 4.33. The highest BCUT2D eigenvalue weighted by molar-refractivity contribution is 5.96. The van der Waals surface area contributed by atoms with Crippen molar-refractivity contribution in [3.05, 3.63) is 94.1 Å². The number of likely N-dealkylation sites (tertiary alicyclic amines) is 1. The Kier molecular flexibility index (Phi) is 6.00. The lowest BCUT2D eigenvalue weighted by molar-refractivity contribution is 0.0646. The van der Waals surface area contributed by atoms with Gasteiger partial charge in [0.2, 0.25) is 0 Å². The Morgan fingerprint density at radius 2 is 1.97 bits per heavy atom. The Morgan fingerprint density at radius 1 is 1.19 bits per heavy atom. The lowest BCUT2D eigenvalue weighted by Crippen LogP contribution is -2.33. The van der Waals surface area contributed by atoms with Gasteiger partial charge in [0.25, 0.3) is 5.91 Å². The first-order valence-corrected chi connectivity index (χ1v) is 13.2. The fourth-order valence-corrected chi connectivity index (χ4v) is 6.58. The maximum atomic E-state index is 13.5. The number of carbonyl (C=O) groups is 1. The number of amides is 1. The van der Waals surface area contributed by atoms with E-state index >= 15 is 0 Å². The molecular formula is C30H32FN3O3. The fourth-order valence-electron chi connectivity index (χ4n) is 6.58. The van der Waals surface area contributed by atoms with Crippen molar-refractivity contribution < 1.29 is 19.4 Å². The summed E-state index contributed by atoms with van der Waals surface area (Å²) in [4.78, 5) is 14.9. The zero-order valence-electron chi connectivity index (χ0n) is 21.0. The maximum absolute atomic E-state index is 13.5. The number of allylic oxidation sites excluding steroid dienone is 1. The molecule has 7 heteroatoms. The second kappa shape index (κ2) is 9.23. The highest BCUT2D eigenvalue weighted by Gasteiger charge is 2.44. The van der Waals surface area contributed by atoms with Gasteiger partial charge >= 0.3 is 0 Å². The SMILES string of the molecule is CC1C2=C(CC[C@@]2(O)CCc2ccccc2C(=O)N2CC[C@@H](O)C2)Cc2c1cnn2-c1ccc(F)cc1. The van der Waals surface area contributed by atoms with Crippen molar-refractivity contribution in [1.82, 2.24) is 14.7 Å². The summed E-state index contributed by atoms with van der Waals surface area (Å²) in [6, 6.07) is 14.0. The van der Waals surface area contributed by atoms with Crippen molar-refractivity contribution in [3.63, 3.8) is 0 Å². The molecule has 2 aliphatic carbocycles. The third-order valence-corrected chi connectivity index (χ3v) is 8.48. The summed E-state index contributed by atoms with van der Waals surface area (Å²) in [6.45, 7) is 3.08. The van der Waals surface area contributed by atoms with E-state index in [4.69, 9.17) is 0 Å². The molecule has 6 rings (SSSR count). The molecule has 192 valence electrons.